The van der Waals surface area contributed by atoms with E-state index in [4.69, 9.17) is 52.8 Å². The van der Waals surface area contributed by atoms with E-state index in [9.17, 15) is 29.0 Å². The first kappa shape index (κ1) is 20.6. The van der Waals surface area contributed by atoms with Gasteiger partial charge in [0.05, 0.1) is 36.9 Å². The van der Waals surface area contributed by atoms with Gasteiger partial charge < -0.3 is 15.9 Å². The lowest BCUT2D eigenvalue weighted by Crippen LogP contribution is -2.69. The molecule has 0 saturated carbocycles. The fraction of sp³-hybridized carbons (Fsp3) is 0.308. The number of nitrogens with one attached hydrogen (secondary N) is 1. The minimum absolute atomic E-state index is 0.0412. The van der Waals surface area contributed by atoms with Gasteiger partial charge >= 0.3 is 0 Å². The summed E-state index contributed by atoms with van der Waals surface area (Å²) in [6.45, 7) is 0. The van der Waals surface area contributed by atoms with Crippen LogP contribution < -0.4 is 22.0 Å². The van der Waals surface area contributed by atoms with Gasteiger partial charge in [-0.3, -0.25) is 24.6 Å². The number of carbonyl (C=O) groups excluding carboxylic acids is 3. The van der Waals surface area contributed by atoms with Crippen LogP contribution in [0.3, 0.4) is 0 Å². The van der Waals surface area contributed by atoms with Crippen molar-refractivity contribution in [3.8, 4) is 0 Å². The Morgan fingerprint density at radius 2 is 1.61 bits per heavy atom. The van der Waals surface area contributed by atoms with Crippen LogP contribution in [0.1, 0.15) is 15.9 Å². The molecule has 128 valence electrons. The third kappa shape index (κ3) is 2.23. The molecule has 3 rings (SSSR count). The van der Waals surface area contributed by atoms with E-state index < -0.39 is 73.7 Å². The summed E-state index contributed by atoms with van der Waals surface area (Å²) in [6, 6.07) is -2.21. The molecule has 2 heterocycles. The van der Waals surface area contributed by atoms with Gasteiger partial charge in [0.15, 0.2) is 0 Å². The first-order valence-electron chi connectivity index (χ1n) is 7.55. The lowest BCUT2D eigenvalue weighted by Gasteiger charge is -2.54. The number of carbonyl (C=O) groups is 3. The summed E-state index contributed by atoms with van der Waals surface area (Å²) in [6.07, 6.45) is 0. The second-order valence-electron chi connectivity index (χ2n) is 6.64. The van der Waals surface area contributed by atoms with Crippen molar-refractivity contribution in [1.29, 1.82) is 0 Å². The SMILES string of the molecule is [B]c1c(N)c2c(c([B])c1F)C(=O)N([C@@H]1C(=O)NC(=O)C([B])([B])C1([B])[B])C2(O)O. The van der Waals surface area contributed by atoms with Crippen molar-refractivity contribution >= 4 is 81.4 Å². The Bertz CT molecular complexity index is 969. The maximum Gasteiger partial charge on any atom is 0.281 e. The average Bonchev–Trinajstić information content (AvgIpc) is 2.77. The first-order valence-corrected chi connectivity index (χ1v) is 7.55. The minimum Gasteiger partial charge on any atom is -0.399 e. The Balaban J connectivity index is 2.29. The molecule has 0 aromatic heterocycles. The number of aliphatic hydroxyl groups is 2. The maximum absolute atomic E-state index is 14.2. The van der Waals surface area contributed by atoms with Crippen LogP contribution in [0.4, 0.5) is 10.1 Å². The normalized spacial score (nSPS) is 24.8. The standard InChI is InChI=1S/C13H6B6FN3O5/c14-3-1-2(6(21)4(15)5(3)20)13(27,28)23(9(1)25)7-8(24)22-10(26)12(18,19)11(7,16)17/h7,27-28H,21H2,(H,22,24,26)/t7-/m1/s1. The van der Waals surface area contributed by atoms with Crippen molar-refractivity contribution in [2.75, 3.05) is 5.73 Å². The largest absolute Gasteiger partial charge is 0.399 e. The Morgan fingerprint density at radius 1 is 1.07 bits per heavy atom. The van der Waals surface area contributed by atoms with E-state index in [1.165, 1.54) is 0 Å². The number of hydrogen-bond donors (Lipinski definition) is 4. The van der Waals surface area contributed by atoms with E-state index in [0.29, 0.717) is 0 Å². The summed E-state index contributed by atoms with van der Waals surface area (Å²) >= 11 is 0. The van der Waals surface area contributed by atoms with Gasteiger partial charge in [-0.2, -0.15) is 0 Å². The second kappa shape index (κ2) is 5.70. The molecule has 0 unspecified atom stereocenters. The zero-order valence-electron chi connectivity index (χ0n) is 14.1. The predicted octanol–water partition coefficient (Wildman–Crippen LogP) is -5.52. The number of benzene rings is 1. The summed E-state index contributed by atoms with van der Waals surface area (Å²) in [5, 5.41) is 17.6. The highest BCUT2D eigenvalue weighted by Gasteiger charge is 2.62. The van der Waals surface area contributed by atoms with Gasteiger partial charge in [0.2, 0.25) is 11.8 Å². The Kier molecular flexibility index (Phi) is 4.19. The van der Waals surface area contributed by atoms with E-state index in [0.717, 1.165) is 0 Å². The number of nitrogens with two attached hydrogens (primary N) is 1. The highest BCUT2D eigenvalue weighted by molar-refractivity contribution is 6.63. The molecular formula is C13H6B6FN3O5. The molecule has 2 aliphatic heterocycles. The number of fused-ring (bicyclic) bond motifs is 1. The summed E-state index contributed by atoms with van der Waals surface area (Å²) in [7, 11) is 33.7. The second-order valence-corrected chi connectivity index (χ2v) is 6.64. The van der Waals surface area contributed by atoms with Crippen LogP contribution in [-0.2, 0) is 15.5 Å². The molecule has 12 radical (unpaired) electrons. The molecular weight excluding hydrogens is 362 g/mol. The predicted molar refractivity (Wildman–Crippen MR) is 99.2 cm³/mol. The van der Waals surface area contributed by atoms with Gasteiger partial charge in [-0.15, -0.1) is 0 Å². The number of imide groups is 1. The molecule has 8 nitrogen and oxygen atoms in total. The van der Waals surface area contributed by atoms with Gasteiger partial charge in [0, 0.05) is 11.3 Å². The third-order valence-corrected chi connectivity index (χ3v) is 4.94. The molecule has 0 spiro atoms. The fourth-order valence-electron chi connectivity index (χ4n) is 3.28. The molecule has 15 heteroatoms. The van der Waals surface area contributed by atoms with Crippen molar-refractivity contribution in [1.82, 2.24) is 10.2 Å². The van der Waals surface area contributed by atoms with Gasteiger partial charge in [-0.1, -0.05) is 5.21 Å². The Morgan fingerprint density at radius 3 is 2.14 bits per heavy atom. The highest BCUT2D eigenvalue weighted by Crippen LogP contribution is 2.52. The number of nitrogen functional groups attached to an aromatic ring is 1. The van der Waals surface area contributed by atoms with Crippen molar-refractivity contribution in [2.45, 2.75) is 22.4 Å². The molecule has 5 N–H and O–H groups in total. The van der Waals surface area contributed by atoms with Crippen LogP contribution in [0.5, 0.6) is 0 Å². The van der Waals surface area contributed by atoms with Crippen LogP contribution in [0.15, 0.2) is 0 Å². The van der Waals surface area contributed by atoms with E-state index in [1.54, 1.807) is 5.32 Å². The van der Waals surface area contributed by atoms with Crippen molar-refractivity contribution < 1.29 is 29.0 Å². The molecule has 1 atom stereocenters. The molecule has 1 saturated heterocycles. The number of halogens is 1. The fourth-order valence-corrected chi connectivity index (χ4v) is 3.28. The van der Waals surface area contributed by atoms with Crippen molar-refractivity contribution in [3.63, 3.8) is 0 Å². The molecule has 1 aromatic carbocycles. The third-order valence-electron chi connectivity index (χ3n) is 4.94. The van der Waals surface area contributed by atoms with E-state index in [1.807, 2.05) is 0 Å². The number of hydrogen-bond acceptors (Lipinski definition) is 6. The quantitative estimate of drug-likeness (QED) is 0.169. The highest BCUT2D eigenvalue weighted by atomic mass is 19.1. The van der Waals surface area contributed by atoms with Crippen LogP contribution in [-0.4, -0.2) is 86.0 Å². The molecule has 0 bridgehead atoms. The number of nitrogens with zero attached hydrogens (tertiary/aromatic N) is 1. The smallest absolute Gasteiger partial charge is 0.281 e. The van der Waals surface area contributed by atoms with Gasteiger partial charge in [-0.05, 0) is 16.1 Å². The van der Waals surface area contributed by atoms with Crippen LogP contribution in [0.25, 0.3) is 0 Å². The molecule has 3 amide bonds. The number of rotatable bonds is 1. The summed E-state index contributed by atoms with van der Waals surface area (Å²) in [5.41, 5.74) is 1.70. The van der Waals surface area contributed by atoms with E-state index >= 15 is 0 Å². The molecule has 1 fully saturated rings. The lowest BCUT2D eigenvalue weighted by atomic mass is 9.26. The van der Waals surface area contributed by atoms with E-state index in [-0.39, 0.29) is 4.90 Å². The van der Waals surface area contributed by atoms with Gasteiger partial charge in [0.1, 0.15) is 27.6 Å². The lowest BCUT2D eigenvalue weighted by molar-refractivity contribution is -0.259. The first-order chi connectivity index (χ1) is 12.6. The monoisotopic (exact) mass is 369 g/mol. The summed E-state index contributed by atoms with van der Waals surface area (Å²) < 4.78 is 14.2. The Labute approximate surface area is 166 Å². The molecule has 2 aliphatic rings. The molecule has 1 aromatic rings. The summed E-state index contributed by atoms with van der Waals surface area (Å²) in [5.74, 6) is -8.67. The van der Waals surface area contributed by atoms with E-state index in [2.05, 4.69) is 0 Å². The minimum atomic E-state index is -3.38. The van der Waals surface area contributed by atoms with Crippen molar-refractivity contribution in [2.24, 2.45) is 0 Å². The number of piperidine rings is 1. The van der Waals surface area contributed by atoms with Crippen molar-refractivity contribution in [3.05, 3.63) is 16.9 Å². The zero-order valence-corrected chi connectivity index (χ0v) is 14.1. The average molecular weight is 368 g/mol. The number of amides is 3. The number of anilines is 1. The van der Waals surface area contributed by atoms with Crippen LogP contribution in [0, 0.1) is 5.82 Å². The topological polar surface area (TPSA) is 133 Å². The van der Waals surface area contributed by atoms with Crippen LogP contribution in [0.2, 0.25) is 10.4 Å². The maximum atomic E-state index is 14.2. The summed E-state index contributed by atoms with van der Waals surface area (Å²) in [4.78, 5) is 37.2. The van der Waals surface area contributed by atoms with Crippen LogP contribution >= 0.6 is 0 Å². The Hall–Kier alpha value is -2.13. The zero-order chi connectivity index (χ0) is 21.6. The van der Waals surface area contributed by atoms with Gasteiger partial charge in [-0.25, -0.2) is 4.39 Å². The molecule has 28 heavy (non-hydrogen) atoms. The van der Waals surface area contributed by atoms with Gasteiger partial charge in [0.25, 0.3) is 11.8 Å². The molecule has 0 aliphatic carbocycles.